The van der Waals surface area contributed by atoms with Gasteiger partial charge in [-0.05, 0) is 18.6 Å². The summed E-state index contributed by atoms with van der Waals surface area (Å²) in [5.74, 6) is 0. The van der Waals surface area contributed by atoms with Crippen molar-refractivity contribution in [3.8, 4) is 0 Å². The molecule has 0 fully saturated rings. The highest BCUT2D eigenvalue weighted by atomic mass is 14.8. The largest absolute Gasteiger partial charge is 0.388 e. The van der Waals surface area contributed by atoms with Crippen LogP contribution < -0.4 is 5.32 Å². The van der Waals surface area contributed by atoms with Gasteiger partial charge >= 0.3 is 0 Å². The van der Waals surface area contributed by atoms with Crippen molar-refractivity contribution in [1.29, 1.82) is 0 Å². The molecule has 0 saturated carbocycles. The minimum absolute atomic E-state index is 1.12. The van der Waals surface area contributed by atoms with Gasteiger partial charge in [0.15, 0.2) is 0 Å². The van der Waals surface area contributed by atoms with E-state index in [0.717, 1.165) is 11.3 Å². The van der Waals surface area contributed by atoms with Crippen LogP contribution >= 0.6 is 0 Å². The fourth-order valence-electron chi connectivity index (χ4n) is 0.903. The molecule has 0 radical (unpaired) electrons. The van der Waals surface area contributed by atoms with Gasteiger partial charge < -0.3 is 5.32 Å². The molecular weight excluding hydrogens is 182 g/mol. The second-order valence-corrected chi connectivity index (χ2v) is 2.45. The maximum absolute atomic E-state index is 3.70. The topological polar surface area (TPSA) is 12.0 Å². The van der Waals surface area contributed by atoms with E-state index in [9.17, 15) is 0 Å². The van der Waals surface area contributed by atoms with E-state index >= 15 is 0 Å². The summed E-state index contributed by atoms with van der Waals surface area (Å²) in [4.78, 5) is 0. The van der Waals surface area contributed by atoms with Crippen molar-refractivity contribution in [3.05, 3.63) is 49.1 Å². The van der Waals surface area contributed by atoms with Gasteiger partial charge in [-0.15, -0.1) is 6.58 Å². The van der Waals surface area contributed by atoms with Crippen LogP contribution in [0.5, 0.6) is 0 Å². The number of para-hydroxylation sites is 1. The van der Waals surface area contributed by atoms with Crippen molar-refractivity contribution < 1.29 is 0 Å². The van der Waals surface area contributed by atoms with Crippen LogP contribution in [0.2, 0.25) is 0 Å². The minimum atomic E-state index is 1.12. The predicted octanol–water partition coefficient (Wildman–Crippen LogP) is 4.59. The highest BCUT2D eigenvalue weighted by Crippen LogP contribution is 2.14. The Balaban J connectivity index is 0. The Labute approximate surface area is 94.5 Å². The molecular formula is C14H23N. The quantitative estimate of drug-likeness (QED) is 0.696. The van der Waals surface area contributed by atoms with Crippen LogP contribution in [0.1, 0.15) is 26.3 Å². The van der Waals surface area contributed by atoms with E-state index in [2.05, 4.69) is 18.5 Å². The number of rotatable bonds is 2. The zero-order chi connectivity index (χ0) is 12.1. The number of anilines is 1. The second-order valence-electron chi connectivity index (χ2n) is 2.45. The molecule has 0 bridgehead atoms. The minimum Gasteiger partial charge on any atom is -0.388 e. The van der Waals surface area contributed by atoms with E-state index in [1.165, 1.54) is 0 Å². The Kier molecular flexibility index (Phi) is 13.3. The molecule has 0 aromatic heterocycles. The van der Waals surface area contributed by atoms with E-state index in [1.807, 2.05) is 58.2 Å². The van der Waals surface area contributed by atoms with Gasteiger partial charge in [-0.3, -0.25) is 0 Å². The Morgan fingerprint density at radius 1 is 1.13 bits per heavy atom. The molecule has 0 aliphatic rings. The van der Waals surface area contributed by atoms with Gasteiger partial charge in [-0.1, -0.05) is 50.8 Å². The molecule has 1 nitrogen and oxygen atoms in total. The van der Waals surface area contributed by atoms with E-state index < -0.39 is 0 Å². The fourth-order valence-corrected chi connectivity index (χ4v) is 0.903. The molecule has 0 saturated heterocycles. The number of nitrogens with one attached hydrogen (secondary N) is 1. The molecule has 1 N–H and O–H groups in total. The maximum atomic E-state index is 3.70. The summed E-state index contributed by atoms with van der Waals surface area (Å²) in [7, 11) is 1.91. The van der Waals surface area contributed by atoms with Gasteiger partial charge in [-0.25, -0.2) is 0 Å². The van der Waals surface area contributed by atoms with Crippen molar-refractivity contribution >= 4 is 11.8 Å². The van der Waals surface area contributed by atoms with Crippen LogP contribution in [0.4, 0.5) is 5.69 Å². The number of allylic oxidation sites excluding steroid dienone is 1. The Bertz CT molecular complexity index is 264. The lowest BCUT2D eigenvalue weighted by molar-refractivity contribution is 1.50. The first-order valence-electron chi connectivity index (χ1n) is 5.26. The summed E-state index contributed by atoms with van der Waals surface area (Å²) in [6.45, 7) is 12.9. The predicted molar refractivity (Wildman–Crippen MR) is 73.3 cm³/mol. The summed E-state index contributed by atoms with van der Waals surface area (Å²) < 4.78 is 0. The van der Waals surface area contributed by atoms with Gasteiger partial charge in [0.05, 0.1) is 0 Å². The van der Waals surface area contributed by atoms with E-state index in [-0.39, 0.29) is 0 Å². The zero-order valence-corrected chi connectivity index (χ0v) is 10.4. The molecule has 15 heavy (non-hydrogen) atoms. The SMILES string of the molecule is C=CC.C=Cc1ccccc1NC.CC. The lowest BCUT2D eigenvalue weighted by atomic mass is 10.2. The summed E-state index contributed by atoms with van der Waals surface area (Å²) in [5, 5.41) is 3.08. The third kappa shape index (κ3) is 7.56. The van der Waals surface area contributed by atoms with Gasteiger partial charge in [0, 0.05) is 12.7 Å². The van der Waals surface area contributed by atoms with Gasteiger partial charge in [-0.2, -0.15) is 0 Å². The molecule has 84 valence electrons. The number of benzene rings is 1. The summed E-state index contributed by atoms with van der Waals surface area (Å²) in [6, 6.07) is 8.05. The van der Waals surface area contributed by atoms with Gasteiger partial charge in [0.1, 0.15) is 0 Å². The van der Waals surface area contributed by atoms with Crippen molar-refractivity contribution in [3.63, 3.8) is 0 Å². The van der Waals surface area contributed by atoms with Crippen molar-refractivity contribution in [2.24, 2.45) is 0 Å². The molecule has 1 heteroatoms. The molecule has 0 amide bonds. The van der Waals surface area contributed by atoms with E-state index in [4.69, 9.17) is 0 Å². The first kappa shape index (κ1) is 15.9. The van der Waals surface area contributed by atoms with E-state index in [0.29, 0.717) is 0 Å². The maximum Gasteiger partial charge on any atom is 0.0410 e. The molecule has 0 atom stereocenters. The lowest BCUT2D eigenvalue weighted by Gasteiger charge is -2.02. The van der Waals surface area contributed by atoms with Crippen LogP contribution in [0.15, 0.2) is 43.5 Å². The number of hydrogen-bond donors (Lipinski definition) is 1. The molecule has 0 aliphatic carbocycles. The molecule has 0 spiro atoms. The van der Waals surface area contributed by atoms with Crippen LogP contribution in [-0.2, 0) is 0 Å². The lowest BCUT2D eigenvalue weighted by Crippen LogP contribution is -1.89. The first-order chi connectivity index (χ1) is 7.29. The van der Waals surface area contributed by atoms with Crippen molar-refractivity contribution in [2.45, 2.75) is 20.8 Å². The molecule has 0 aliphatic heterocycles. The fraction of sp³-hybridized carbons (Fsp3) is 0.286. The smallest absolute Gasteiger partial charge is 0.0410 e. The van der Waals surface area contributed by atoms with Crippen LogP contribution in [0, 0.1) is 0 Å². The van der Waals surface area contributed by atoms with Crippen LogP contribution in [0.3, 0.4) is 0 Å². The highest BCUT2D eigenvalue weighted by Gasteiger charge is 1.91. The van der Waals surface area contributed by atoms with Crippen LogP contribution in [-0.4, -0.2) is 7.05 Å². The normalized spacial score (nSPS) is 7.20. The van der Waals surface area contributed by atoms with Crippen LogP contribution in [0.25, 0.3) is 6.08 Å². The average molecular weight is 205 g/mol. The summed E-state index contributed by atoms with van der Waals surface area (Å²) in [6.07, 6.45) is 3.59. The second kappa shape index (κ2) is 12.5. The summed E-state index contributed by atoms with van der Waals surface area (Å²) in [5.41, 5.74) is 2.27. The molecule has 1 aromatic rings. The van der Waals surface area contributed by atoms with Gasteiger partial charge in [0.25, 0.3) is 0 Å². The Hall–Kier alpha value is -1.50. The highest BCUT2D eigenvalue weighted by molar-refractivity contribution is 5.64. The molecule has 1 rings (SSSR count). The molecule has 0 heterocycles. The third-order valence-corrected chi connectivity index (χ3v) is 1.45. The monoisotopic (exact) mass is 205 g/mol. The van der Waals surface area contributed by atoms with Crippen molar-refractivity contribution in [2.75, 3.05) is 12.4 Å². The average Bonchev–Trinajstić information content (AvgIpc) is 2.32. The van der Waals surface area contributed by atoms with Crippen molar-refractivity contribution in [1.82, 2.24) is 0 Å². The first-order valence-corrected chi connectivity index (χ1v) is 5.26. The molecule has 0 unspecified atom stereocenters. The Morgan fingerprint density at radius 3 is 1.93 bits per heavy atom. The number of hydrogen-bond acceptors (Lipinski definition) is 1. The zero-order valence-electron chi connectivity index (χ0n) is 10.4. The van der Waals surface area contributed by atoms with Gasteiger partial charge in [0.2, 0.25) is 0 Å². The standard InChI is InChI=1S/C9H11N.C3H6.C2H6/c1-3-8-6-4-5-7-9(8)10-2;1-3-2;1-2/h3-7,10H,1H2,2H3;3H,1H2,2H3;1-2H3. The molecule has 1 aromatic carbocycles. The Morgan fingerprint density at radius 2 is 1.60 bits per heavy atom. The summed E-state index contributed by atoms with van der Waals surface area (Å²) >= 11 is 0. The third-order valence-electron chi connectivity index (χ3n) is 1.45. The van der Waals surface area contributed by atoms with E-state index in [1.54, 1.807) is 6.08 Å².